The van der Waals surface area contributed by atoms with E-state index in [0.717, 1.165) is 54.2 Å². The van der Waals surface area contributed by atoms with Crippen LogP contribution < -0.4 is 19.8 Å². The van der Waals surface area contributed by atoms with Crippen molar-refractivity contribution in [2.45, 2.75) is 12.7 Å². The molecule has 0 atom stereocenters. The Labute approximate surface area is 223 Å². The average Bonchev–Trinajstić information content (AvgIpc) is 3.30. The molecular weight excluding hydrogens is 533 g/mol. The fourth-order valence-electron chi connectivity index (χ4n) is 4.36. The monoisotopic (exact) mass is 560 g/mol. The summed E-state index contributed by atoms with van der Waals surface area (Å²) in [6, 6.07) is 10.6. The second kappa shape index (κ2) is 10.3. The lowest BCUT2D eigenvalue weighted by atomic mass is 10.1. The number of anilines is 4. The summed E-state index contributed by atoms with van der Waals surface area (Å²) in [7, 11) is -2.51. The number of hydrogen-bond acceptors (Lipinski definition) is 8. The minimum Gasteiger partial charge on any atom is -0.369 e. The maximum Gasteiger partial charge on any atom is 0.417 e. The van der Waals surface area contributed by atoms with E-state index in [1.165, 1.54) is 7.05 Å². The molecule has 39 heavy (non-hydrogen) atoms. The summed E-state index contributed by atoms with van der Waals surface area (Å²) in [6.45, 7) is 3.66. The summed E-state index contributed by atoms with van der Waals surface area (Å²) in [4.78, 5) is 15.1. The number of piperazine rings is 1. The standard InChI is InChI=1S/C25H27F3N8O2S/c1-34(39(2,37)38)22-18(13-19(15-30-22)25(26,27)28)16-36-10-7-17-14-31-24(33-23(17)36)32-20-3-5-21(6-4-20)35-11-8-29-9-12-35/h3-7,10,13-15,29H,8-9,11-12,16H2,1-2H3,(H,31,32,33). The molecule has 0 radical (unpaired) electrons. The predicted molar refractivity (Wildman–Crippen MR) is 144 cm³/mol. The van der Waals surface area contributed by atoms with Gasteiger partial charge in [0.1, 0.15) is 11.5 Å². The van der Waals surface area contributed by atoms with Gasteiger partial charge in [0, 0.05) is 74.1 Å². The Kier molecular flexibility index (Phi) is 7.07. The molecule has 0 amide bonds. The van der Waals surface area contributed by atoms with Crippen LogP contribution in [0.5, 0.6) is 0 Å². The van der Waals surface area contributed by atoms with Crippen molar-refractivity contribution in [2.24, 2.45) is 0 Å². The molecule has 1 aliphatic rings. The minimum absolute atomic E-state index is 0.0758. The molecule has 10 nitrogen and oxygen atoms in total. The van der Waals surface area contributed by atoms with Gasteiger partial charge in [-0.1, -0.05) is 0 Å². The van der Waals surface area contributed by atoms with Gasteiger partial charge >= 0.3 is 6.18 Å². The molecule has 4 heterocycles. The predicted octanol–water partition coefficient (Wildman–Crippen LogP) is 3.44. The lowest BCUT2D eigenvalue weighted by Crippen LogP contribution is -2.43. The highest BCUT2D eigenvalue weighted by atomic mass is 32.2. The molecule has 3 aromatic heterocycles. The minimum atomic E-state index is -4.64. The van der Waals surface area contributed by atoms with Crippen LogP contribution in [-0.4, -0.2) is 67.4 Å². The number of halogens is 3. The number of fused-ring (bicyclic) bond motifs is 1. The summed E-state index contributed by atoms with van der Waals surface area (Å²) in [5.74, 6) is 0.220. The van der Waals surface area contributed by atoms with E-state index in [1.807, 2.05) is 24.3 Å². The maximum atomic E-state index is 13.4. The largest absolute Gasteiger partial charge is 0.417 e. The molecule has 1 fully saturated rings. The molecule has 1 saturated heterocycles. The van der Waals surface area contributed by atoms with Gasteiger partial charge in [-0.2, -0.15) is 18.2 Å². The Bertz CT molecular complexity index is 1580. The van der Waals surface area contributed by atoms with Crippen LogP contribution in [0.2, 0.25) is 0 Å². The highest BCUT2D eigenvalue weighted by Gasteiger charge is 2.32. The van der Waals surface area contributed by atoms with Crippen molar-refractivity contribution in [3.05, 3.63) is 66.1 Å². The average molecular weight is 561 g/mol. The number of pyridine rings is 1. The molecule has 2 N–H and O–H groups in total. The molecule has 1 aliphatic heterocycles. The Morgan fingerprint density at radius 3 is 2.46 bits per heavy atom. The smallest absolute Gasteiger partial charge is 0.369 e. The zero-order chi connectivity index (χ0) is 27.8. The van der Waals surface area contributed by atoms with E-state index < -0.39 is 21.8 Å². The first-order chi connectivity index (χ1) is 18.5. The van der Waals surface area contributed by atoms with Gasteiger partial charge in [0.25, 0.3) is 0 Å². The summed E-state index contributed by atoms with van der Waals surface area (Å²) >= 11 is 0. The fraction of sp³-hybridized carbons (Fsp3) is 0.320. The first-order valence-electron chi connectivity index (χ1n) is 12.1. The molecule has 0 aliphatic carbocycles. The zero-order valence-electron chi connectivity index (χ0n) is 21.3. The molecule has 14 heteroatoms. The van der Waals surface area contributed by atoms with Gasteiger partial charge in [-0.15, -0.1) is 0 Å². The van der Waals surface area contributed by atoms with E-state index >= 15 is 0 Å². The normalized spacial score (nSPS) is 14.5. The van der Waals surface area contributed by atoms with Crippen molar-refractivity contribution in [3.63, 3.8) is 0 Å². The van der Waals surface area contributed by atoms with Crippen molar-refractivity contribution in [2.75, 3.05) is 54.0 Å². The molecule has 0 saturated carbocycles. The maximum absolute atomic E-state index is 13.4. The SMILES string of the molecule is CN(c1ncc(C(F)(F)F)cc1Cn1ccc2cnc(Nc3ccc(N4CCNCC4)cc3)nc21)S(C)(=O)=O. The first kappa shape index (κ1) is 26.7. The summed E-state index contributed by atoms with van der Waals surface area (Å²) in [5, 5.41) is 7.17. The fourth-order valence-corrected chi connectivity index (χ4v) is 4.84. The van der Waals surface area contributed by atoms with Gasteiger partial charge in [0.15, 0.2) is 0 Å². The van der Waals surface area contributed by atoms with Crippen molar-refractivity contribution >= 4 is 44.2 Å². The van der Waals surface area contributed by atoms with Gasteiger partial charge < -0.3 is 20.1 Å². The van der Waals surface area contributed by atoms with Crippen LogP contribution in [0.3, 0.4) is 0 Å². The molecule has 0 unspecified atom stereocenters. The highest BCUT2D eigenvalue weighted by molar-refractivity contribution is 7.92. The summed E-state index contributed by atoms with van der Waals surface area (Å²) in [6.07, 6.45) is 0.233. The van der Waals surface area contributed by atoms with Gasteiger partial charge in [-0.25, -0.2) is 18.4 Å². The number of nitrogens with zero attached hydrogens (tertiary/aromatic N) is 6. The number of hydrogen-bond donors (Lipinski definition) is 2. The first-order valence-corrected chi connectivity index (χ1v) is 14.0. The Balaban J connectivity index is 1.43. The van der Waals surface area contributed by atoms with E-state index in [4.69, 9.17) is 0 Å². The third kappa shape index (κ3) is 5.91. The van der Waals surface area contributed by atoms with Gasteiger partial charge in [-0.05, 0) is 36.4 Å². The Morgan fingerprint density at radius 1 is 1.08 bits per heavy atom. The van der Waals surface area contributed by atoms with Crippen molar-refractivity contribution < 1.29 is 21.6 Å². The number of sulfonamides is 1. The van der Waals surface area contributed by atoms with Crippen molar-refractivity contribution in [1.82, 2.24) is 24.8 Å². The van der Waals surface area contributed by atoms with Gasteiger partial charge in [0.2, 0.25) is 16.0 Å². The number of rotatable bonds is 7. The molecule has 1 aromatic carbocycles. The van der Waals surface area contributed by atoms with Crippen LogP contribution in [0.15, 0.2) is 55.0 Å². The number of alkyl halides is 3. The quantitative estimate of drug-likeness (QED) is 0.354. The molecule has 4 aromatic rings. The van der Waals surface area contributed by atoms with Crippen LogP contribution in [0.4, 0.5) is 36.3 Å². The van der Waals surface area contributed by atoms with E-state index in [9.17, 15) is 21.6 Å². The van der Waals surface area contributed by atoms with E-state index in [1.54, 1.807) is 23.0 Å². The third-order valence-electron chi connectivity index (χ3n) is 6.51. The molecule has 5 rings (SSSR count). The van der Waals surface area contributed by atoms with Gasteiger partial charge in [-0.3, -0.25) is 4.31 Å². The van der Waals surface area contributed by atoms with Crippen molar-refractivity contribution in [3.8, 4) is 0 Å². The molecular formula is C25H27F3N8O2S. The number of aromatic nitrogens is 4. The lowest BCUT2D eigenvalue weighted by molar-refractivity contribution is -0.137. The Morgan fingerprint density at radius 2 is 1.79 bits per heavy atom. The number of nitrogens with one attached hydrogen (secondary N) is 2. The lowest BCUT2D eigenvalue weighted by Gasteiger charge is -2.29. The summed E-state index contributed by atoms with van der Waals surface area (Å²) < 4.78 is 67.1. The van der Waals surface area contributed by atoms with Crippen LogP contribution in [0.25, 0.3) is 11.0 Å². The van der Waals surface area contributed by atoms with E-state index in [2.05, 4.69) is 30.5 Å². The third-order valence-corrected chi connectivity index (χ3v) is 7.68. The van der Waals surface area contributed by atoms with Crippen LogP contribution in [-0.2, 0) is 22.7 Å². The second-order valence-corrected chi connectivity index (χ2v) is 11.3. The van der Waals surface area contributed by atoms with Crippen LogP contribution in [0, 0.1) is 0 Å². The second-order valence-electron chi connectivity index (χ2n) is 9.26. The van der Waals surface area contributed by atoms with E-state index in [-0.39, 0.29) is 17.9 Å². The Hall–Kier alpha value is -3.91. The highest BCUT2D eigenvalue weighted by Crippen LogP contribution is 2.32. The molecule has 0 spiro atoms. The number of benzene rings is 1. The van der Waals surface area contributed by atoms with Crippen LogP contribution >= 0.6 is 0 Å². The van der Waals surface area contributed by atoms with E-state index in [0.29, 0.717) is 23.2 Å². The molecule has 0 bridgehead atoms. The molecule has 206 valence electrons. The van der Waals surface area contributed by atoms with Crippen molar-refractivity contribution in [1.29, 1.82) is 0 Å². The topological polar surface area (TPSA) is 108 Å². The van der Waals surface area contributed by atoms with Gasteiger partial charge in [0.05, 0.1) is 18.4 Å². The summed E-state index contributed by atoms with van der Waals surface area (Å²) in [5.41, 5.74) is 1.48. The zero-order valence-corrected chi connectivity index (χ0v) is 22.1. The van der Waals surface area contributed by atoms with Crippen LogP contribution in [0.1, 0.15) is 11.1 Å².